The van der Waals surface area contributed by atoms with Crippen LogP contribution in [0.4, 0.5) is 5.69 Å². The summed E-state index contributed by atoms with van der Waals surface area (Å²) in [6, 6.07) is 9.03. The van der Waals surface area contributed by atoms with E-state index in [2.05, 4.69) is 43.0 Å². The molecule has 2 unspecified atom stereocenters. The Morgan fingerprint density at radius 1 is 1.24 bits per heavy atom. The van der Waals surface area contributed by atoms with Crippen molar-refractivity contribution in [3.05, 3.63) is 29.8 Å². The Kier molecular flexibility index (Phi) is 3.51. The van der Waals surface area contributed by atoms with Crippen molar-refractivity contribution in [2.45, 2.75) is 39.7 Å². The molecule has 1 aliphatic heterocycles. The van der Waals surface area contributed by atoms with Crippen molar-refractivity contribution in [3.63, 3.8) is 0 Å². The highest BCUT2D eigenvalue weighted by atomic mass is 16.1. The largest absolute Gasteiger partial charge is 0.368 e. The van der Waals surface area contributed by atoms with Crippen molar-refractivity contribution in [2.24, 2.45) is 5.92 Å². The highest BCUT2D eigenvalue weighted by Crippen LogP contribution is 2.26. The molecule has 2 heteroatoms. The molecule has 0 aliphatic carbocycles. The smallest absolute Gasteiger partial charge is 0.139 e. The number of nitrogens with zero attached hydrogens (tertiary/aromatic N) is 1. The number of piperidine rings is 1. The third-order valence-corrected chi connectivity index (χ3v) is 4.00. The van der Waals surface area contributed by atoms with Crippen LogP contribution in [0, 0.1) is 5.92 Å². The van der Waals surface area contributed by atoms with Gasteiger partial charge < -0.3 is 4.90 Å². The van der Waals surface area contributed by atoms with Gasteiger partial charge in [0.1, 0.15) is 5.78 Å². The number of hydrogen-bond acceptors (Lipinski definition) is 2. The number of carbonyl (C=O) groups is 1. The number of benzene rings is 1. The van der Waals surface area contributed by atoms with Crippen molar-refractivity contribution in [2.75, 3.05) is 11.4 Å². The molecule has 2 atom stereocenters. The van der Waals surface area contributed by atoms with Gasteiger partial charge in [-0.15, -0.1) is 0 Å². The van der Waals surface area contributed by atoms with Crippen molar-refractivity contribution < 1.29 is 4.79 Å². The molecule has 1 aromatic rings. The Hall–Kier alpha value is -1.31. The Labute approximate surface area is 104 Å². The number of hydrogen-bond donors (Lipinski definition) is 0. The van der Waals surface area contributed by atoms with Gasteiger partial charge in [-0.25, -0.2) is 0 Å². The summed E-state index contributed by atoms with van der Waals surface area (Å²) >= 11 is 0. The third kappa shape index (κ3) is 2.36. The lowest BCUT2D eigenvalue weighted by Crippen LogP contribution is -2.46. The minimum Gasteiger partial charge on any atom is -0.368 e. The first-order valence-corrected chi connectivity index (χ1v) is 6.51. The van der Waals surface area contributed by atoms with Gasteiger partial charge in [-0.1, -0.05) is 26.0 Å². The number of rotatable bonds is 2. The first-order valence-electron chi connectivity index (χ1n) is 6.51. The summed E-state index contributed by atoms with van der Waals surface area (Å²) < 4.78 is 0. The quantitative estimate of drug-likeness (QED) is 0.779. The van der Waals surface area contributed by atoms with Crippen molar-refractivity contribution >= 4 is 11.5 Å². The maximum atomic E-state index is 11.7. The van der Waals surface area contributed by atoms with Gasteiger partial charge >= 0.3 is 0 Å². The Bertz CT molecular complexity index is 396. The summed E-state index contributed by atoms with van der Waals surface area (Å²) in [6.07, 6.45) is 1.76. The summed E-state index contributed by atoms with van der Waals surface area (Å²) in [5, 5.41) is 0. The average molecular weight is 231 g/mol. The number of anilines is 1. The van der Waals surface area contributed by atoms with Gasteiger partial charge in [-0.3, -0.25) is 4.79 Å². The van der Waals surface area contributed by atoms with Crippen LogP contribution in [0.25, 0.3) is 0 Å². The molecule has 0 radical (unpaired) electrons. The zero-order chi connectivity index (χ0) is 12.4. The first kappa shape index (κ1) is 12.2. The number of carbonyl (C=O) groups excluding carboxylic acids is 1. The molecule has 0 bridgehead atoms. The zero-order valence-corrected chi connectivity index (χ0v) is 10.9. The minimum absolute atomic E-state index is 0.148. The highest BCUT2D eigenvalue weighted by molar-refractivity contribution is 5.84. The van der Waals surface area contributed by atoms with Gasteiger partial charge in [0, 0.05) is 30.6 Å². The molecule has 1 heterocycles. The fourth-order valence-corrected chi connectivity index (χ4v) is 2.49. The van der Waals surface area contributed by atoms with Gasteiger partial charge in [0.15, 0.2) is 0 Å². The zero-order valence-electron chi connectivity index (χ0n) is 10.9. The van der Waals surface area contributed by atoms with Crippen LogP contribution >= 0.6 is 0 Å². The predicted octanol–water partition coefficient (Wildman–Crippen LogP) is 3.05. The summed E-state index contributed by atoms with van der Waals surface area (Å²) in [6.45, 7) is 7.21. The molecule has 0 aromatic heterocycles. The number of aryl methyl sites for hydroxylation is 1. The van der Waals surface area contributed by atoms with E-state index in [1.165, 1.54) is 11.3 Å². The molecule has 0 amide bonds. The second-order valence-corrected chi connectivity index (χ2v) is 4.96. The maximum Gasteiger partial charge on any atom is 0.139 e. The molecule has 1 aromatic carbocycles. The lowest BCUT2D eigenvalue weighted by molar-refractivity contribution is -0.123. The number of ketones is 1. The molecule has 1 aliphatic rings. The van der Waals surface area contributed by atoms with Crippen LogP contribution < -0.4 is 4.90 Å². The third-order valence-electron chi connectivity index (χ3n) is 4.00. The van der Waals surface area contributed by atoms with Crippen LogP contribution in [0.2, 0.25) is 0 Å². The van der Waals surface area contributed by atoms with E-state index in [4.69, 9.17) is 0 Å². The van der Waals surface area contributed by atoms with Crippen LogP contribution in [0.3, 0.4) is 0 Å². The van der Waals surface area contributed by atoms with Crippen molar-refractivity contribution in [3.8, 4) is 0 Å². The minimum atomic E-state index is 0.148. The summed E-state index contributed by atoms with van der Waals surface area (Å²) in [7, 11) is 0. The molecule has 1 fully saturated rings. The van der Waals surface area contributed by atoms with Gasteiger partial charge in [0.05, 0.1) is 0 Å². The van der Waals surface area contributed by atoms with Crippen LogP contribution in [-0.4, -0.2) is 18.4 Å². The molecular weight excluding hydrogens is 210 g/mol. The molecular formula is C15H21NO. The maximum absolute atomic E-state index is 11.7. The number of Topliss-reactive ketones (excluding diaryl/α,β-unsaturated/α-hetero) is 1. The normalized spacial score (nSPS) is 25.1. The van der Waals surface area contributed by atoms with E-state index >= 15 is 0 Å². The SMILES string of the molecule is CCc1ccc(N2CCC(=O)C(C)C2C)cc1. The summed E-state index contributed by atoms with van der Waals surface area (Å²) in [5.74, 6) is 0.550. The fourth-order valence-electron chi connectivity index (χ4n) is 2.49. The van der Waals surface area contributed by atoms with E-state index in [9.17, 15) is 4.79 Å². The molecule has 17 heavy (non-hydrogen) atoms. The molecule has 2 rings (SSSR count). The standard InChI is InChI=1S/C15H21NO/c1-4-13-5-7-14(8-6-13)16-10-9-15(17)11(2)12(16)3/h5-8,11-12H,4,9-10H2,1-3H3. The Morgan fingerprint density at radius 2 is 1.88 bits per heavy atom. The topological polar surface area (TPSA) is 20.3 Å². The summed E-state index contributed by atoms with van der Waals surface area (Å²) in [5.41, 5.74) is 2.61. The fraction of sp³-hybridized carbons (Fsp3) is 0.533. The lowest BCUT2D eigenvalue weighted by Gasteiger charge is -2.38. The van der Waals surface area contributed by atoms with E-state index in [-0.39, 0.29) is 5.92 Å². The molecule has 0 saturated carbocycles. The molecule has 0 spiro atoms. The van der Waals surface area contributed by atoms with Crippen molar-refractivity contribution in [1.82, 2.24) is 0 Å². The van der Waals surface area contributed by atoms with Crippen LogP contribution in [0.5, 0.6) is 0 Å². The monoisotopic (exact) mass is 231 g/mol. The second-order valence-electron chi connectivity index (χ2n) is 4.96. The van der Waals surface area contributed by atoms with Crippen LogP contribution in [0.1, 0.15) is 32.8 Å². The van der Waals surface area contributed by atoms with E-state index in [1.54, 1.807) is 0 Å². The average Bonchev–Trinajstić information content (AvgIpc) is 2.36. The van der Waals surface area contributed by atoms with Gasteiger partial charge in [0.2, 0.25) is 0 Å². The predicted molar refractivity (Wildman–Crippen MR) is 71.4 cm³/mol. The van der Waals surface area contributed by atoms with Crippen molar-refractivity contribution in [1.29, 1.82) is 0 Å². The molecule has 1 saturated heterocycles. The van der Waals surface area contributed by atoms with Crippen LogP contribution in [0.15, 0.2) is 24.3 Å². The highest BCUT2D eigenvalue weighted by Gasteiger charge is 2.30. The Balaban J connectivity index is 2.18. The molecule has 2 nitrogen and oxygen atoms in total. The Morgan fingerprint density at radius 3 is 2.47 bits per heavy atom. The molecule has 0 N–H and O–H groups in total. The van der Waals surface area contributed by atoms with Crippen LogP contribution in [-0.2, 0) is 11.2 Å². The lowest BCUT2D eigenvalue weighted by atomic mass is 9.90. The van der Waals surface area contributed by atoms with Gasteiger partial charge in [0.25, 0.3) is 0 Å². The van der Waals surface area contributed by atoms with E-state index in [1.807, 2.05) is 6.92 Å². The van der Waals surface area contributed by atoms with Gasteiger partial charge in [-0.2, -0.15) is 0 Å². The van der Waals surface area contributed by atoms with E-state index < -0.39 is 0 Å². The summed E-state index contributed by atoms with van der Waals surface area (Å²) in [4.78, 5) is 14.0. The van der Waals surface area contributed by atoms with Gasteiger partial charge in [-0.05, 0) is 31.0 Å². The second kappa shape index (κ2) is 4.91. The first-order chi connectivity index (χ1) is 8.13. The van der Waals surface area contributed by atoms with E-state index in [0.717, 1.165) is 13.0 Å². The molecule has 92 valence electrons. The van der Waals surface area contributed by atoms with E-state index in [0.29, 0.717) is 18.2 Å².